The van der Waals surface area contributed by atoms with Crippen LogP contribution in [0.3, 0.4) is 0 Å². The first-order valence-electron chi connectivity index (χ1n) is 8.31. The molecular formula is C19H16BrClN4O. The average Bonchev–Trinajstić information content (AvgIpc) is 3.12. The van der Waals surface area contributed by atoms with Gasteiger partial charge in [0.05, 0.1) is 23.3 Å². The number of fused-ring (bicyclic) bond motifs is 3. The molecule has 0 aliphatic rings. The SMILES string of the molecule is CCCOc1ccc(Cl)c(-c2cc(Br)cc3c2nc(C)c2nncn23)c1. The molecule has 0 N–H and O–H groups in total. The fraction of sp³-hybridized carbons (Fsp3) is 0.211. The van der Waals surface area contributed by atoms with Crippen molar-refractivity contribution in [3.05, 3.63) is 51.8 Å². The van der Waals surface area contributed by atoms with E-state index in [1.165, 1.54) is 0 Å². The molecule has 0 saturated heterocycles. The lowest BCUT2D eigenvalue weighted by atomic mass is 10.0. The minimum Gasteiger partial charge on any atom is -0.494 e. The van der Waals surface area contributed by atoms with Gasteiger partial charge in [0, 0.05) is 20.6 Å². The summed E-state index contributed by atoms with van der Waals surface area (Å²) in [5, 5.41) is 8.83. The summed E-state index contributed by atoms with van der Waals surface area (Å²) < 4.78 is 8.65. The van der Waals surface area contributed by atoms with Gasteiger partial charge >= 0.3 is 0 Å². The van der Waals surface area contributed by atoms with Crippen LogP contribution in [0.2, 0.25) is 5.02 Å². The van der Waals surface area contributed by atoms with Gasteiger partial charge in [-0.2, -0.15) is 0 Å². The van der Waals surface area contributed by atoms with Crippen LogP contribution in [-0.2, 0) is 0 Å². The third kappa shape index (κ3) is 2.93. The standard InChI is InChI=1S/C19H16BrClN4O/c1-3-6-26-13-4-5-16(21)14(9-13)15-7-12(20)8-17-18(15)23-11(2)19-24-22-10-25(17)19/h4-5,7-10H,3,6H2,1-2H3. The zero-order chi connectivity index (χ0) is 18.3. The van der Waals surface area contributed by atoms with Crippen LogP contribution >= 0.6 is 27.5 Å². The van der Waals surface area contributed by atoms with E-state index in [4.69, 9.17) is 21.3 Å². The van der Waals surface area contributed by atoms with Gasteiger partial charge in [-0.05, 0) is 43.7 Å². The maximum atomic E-state index is 6.52. The van der Waals surface area contributed by atoms with Crippen LogP contribution in [0.5, 0.6) is 5.75 Å². The van der Waals surface area contributed by atoms with Crippen molar-refractivity contribution in [2.24, 2.45) is 0 Å². The predicted octanol–water partition coefficient (Wildman–Crippen LogP) is 5.46. The molecule has 0 fully saturated rings. The number of halogens is 2. The van der Waals surface area contributed by atoms with Crippen molar-refractivity contribution >= 4 is 44.2 Å². The van der Waals surface area contributed by atoms with Crippen LogP contribution < -0.4 is 4.74 Å². The summed E-state index contributed by atoms with van der Waals surface area (Å²) in [4.78, 5) is 4.78. The highest BCUT2D eigenvalue weighted by Crippen LogP contribution is 2.37. The highest BCUT2D eigenvalue weighted by molar-refractivity contribution is 9.10. The fourth-order valence-electron chi connectivity index (χ4n) is 2.99. The van der Waals surface area contributed by atoms with Crippen molar-refractivity contribution in [2.45, 2.75) is 20.3 Å². The molecule has 0 bridgehead atoms. The molecule has 0 radical (unpaired) electrons. The second kappa shape index (κ2) is 6.85. The summed E-state index contributed by atoms with van der Waals surface area (Å²) >= 11 is 10.1. The topological polar surface area (TPSA) is 52.3 Å². The molecule has 0 saturated carbocycles. The summed E-state index contributed by atoms with van der Waals surface area (Å²) in [5.74, 6) is 0.793. The Hall–Kier alpha value is -2.18. The molecule has 2 aromatic carbocycles. The molecule has 0 aliphatic carbocycles. The van der Waals surface area contributed by atoms with Gasteiger partial charge in [-0.25, -0.2) is 4.98 Å². The van der Waals surface area contributed by atoms with Gasteiger partial charge < -0.3 is 4.74 Å². The first-order chi connectivity index (χ1) is 12.6. The summed E-state index contributed by atoms with van der Waals surface area (Å²) in [6.45, 7) is 4.67. The maximum Gasteiger partial charge on any atom is 0.182 e. The molecule has 0 amide bonds. The highest BCUT2D eigenvalue weighted by atomic mass is 79.9. The minimum absolute atomic E-state index is 0.650. The van der Waals surface area contributed by atoms with Gasteiger partial charge in [0.1, 0.15) is 12.1 Å². The Kier molecular flexibility index (Phi) is 4.54. The van der Waals surface area contributed by atoms with E-state index in [9.17, 15) is 0 Å². The largest absolute Gasteiger partial charge is 0.494 e. The van der Waals surface area contributed by atoms with E-state index in [0.717, 1.165) is 50.1 Å². The molecule has 0 unspecified atom stereocenters. The van der Waals surface area contributed by atoms with Gasteiger partial charge in [-0.1, -0.05) is 34.5 Å². The molecule has 4 rings (SSSR count). The molecule has 132 valence electrons. The molecule has 0 atom stereocenters. The van der Waals surface area contributed by atoms with Gasteiger partial charge in [0.2, 0.25) is 0 Å². The second-order valence-electron chi connectivity index (χ2n) is 6.03. The van der Waals surface area contributed by atoms with Crippen molar-refractivity contribution < 1.29 is 4.74 Å². The second-order valence-corrected chi connectivity index (χ2v) is 7.36. The smallest absolute Gasteiger partial charge is 0.182 e. The van der Waals surface area contributed by atoms with Crippen LogP contribution in [0.4, 0.5) is 0 Å². The highest BCUT2D eigenvalue weighted by Gasteiger charge is 2.15. The van der Waals surface area contributed by atoms with Crippen molar-refractivity contribution in [3.8, 4) is 16.9 Å². The lowest BCUT2D eigenvalue weighted by Crippen LogP contribution is -1.98. The van der Waals surface area contributed by atoms with Gasteiger partial charge in [0.25, 0.3) is 0 Å². The van der Waals surface area contributed by atoms with E-state index >= 15 is 0 Å². The normalized spacial score (nSPS) is 11.4. The third-order valence-electron chi connectivity index (χ3n) is 4.17. The zero-order valence-corrected chi connectivity index (χ0v) is 16.7. The molecule has 5 nitrogen and oxygen atoms in total. The number of nitrogens with zero attached hydrogens (tertiary/aromatic N) is 4. The molecule has 0 aliphatic heterocycles. The number of hydrogen-bond acceptors (Lipinski definition) is 4. The van der Waals surface area contributed by atoms with Crippen molar-refractivity contribution in [1.29, 1.82) is 0 Å². The number of ether oxygens (including phenoxy) is 1. The van der Waals surface area contributed by atoms with Crippen molar-refractivity contribution in [2.75, 3.05) is 6.61 Å². The van der Waals surface area contributed by atoms with E-state index < -0.39 is 0 Å². The van der Waals surface area contributed by atoms with Crippen LogP contribution in [0, 0.1) is 6.92 Å². The monoisotopic (exact) mass is 430 g/mol. The Morgan fingerprint density at radius 2 is 2.04 bits per heavy atom. The van der Waals surface area contributed by atoms with E-state index in [1.807, 2.05) is 41.7 Å². The Morgan fingerprint density at radius 3 is 2.85 bits per heavy atom. The molecule has 4 aromatic rings. The first kappa shape index (κ1) is 17.2. The Bertz CT molecular complexity index is 1130. The number of aryl methyl sites for hydroxylation is 1. The van der Waals surface area contributed by atoms with E-state index in [-0.39, 0.29) is 0 Å². The summed E-state index contributed by atoms with van der Waals surface area (Å²) in [6.07, 6.45) is 2.65. The number of benzene rings is 2. The Labute approximate surface area is 164 Å². The van der Waals surface area contributed by atoms with Crippen LogP contribution in [0.25, 0.3) is 27.8 Å². The van der Waals surface area contributed by atoms with Crippen molar-refractivity contribution in [3.63, 3.8) is 0 Å². The van der Waals surface area contributed by atoms with E-state index in [0.29, 0.717) is 11.6 Å². The van der Waals surface area contributed by atoms with Gasteiger partial charge in [-0.15, -0.1) is 10.2 Å². The van der Waals surface area contributed by atoms with Crippen LogP contribution in [0.1, 0.15) is 19.0 Å². The Morgan fingerprint density at radius 1 is 1.19 bits per heavy atom. The van der Waals surface area contributed by atoms with Crippen LogP contribution in [-0.4, -0.2) is 26.2 Å². The first-order valence-corrected chi connectivity index (χ1v) is 9.48. The zero-order valence-electron chi connectivity index (χ0n) is 14.3. The number of hydrogen-bond donors (Lipinski definition) is 0. The maximum absolute atomic E-state index is 6.52. The molecule has 7 heteroatoms. The van der Waals surface area contributed by atoms with Gasteiger partial charge in [0.15, 0.2) is 5.65 Å². The number of rotatable bonds is 4. The van der Waals surface area contributed by atoms with Gasteiger partial charge in [-0.3, -0.25) is 4.40 Å². The summed E-state index contributed by atoms with van der Waals surface area (Å²) in [6, 6.07) is 9.74. The van der Waals surface area contributed by atoms with E-state index in [1.54, 1.807) is 6.33 Å². The molecule has 2 heterocycles. The molecule has 2 aromatic heterocycles. The summed E-state index contributed by atoms with van der Waals surface area (Å²) in [5.41, 5.74) is 5.12. The molecular weight excluding hydrogens is 416 g/mol. The lowest BCUT2D eigenvalue weighted by Gasteiger charge is -2.13. The fourth-order valence-corrected chi connectivity index (χ4v) is 3.65. The Balaban J connectivity index is 2.01. The molecule has 26 heavy (non-hydrogen) atoms. The average molecular weight is 432 g/mol. The number of aromatic nitrogens is 4. The third-order valence-corrected chi connectivity index (χ3v) is 4.95. The molecule has 0 spiro atoms. The minimum atomic E-state index is 0.650. The lowest BCUT2D eigenvalue weighted by molar-refractivity contribution is 0.317. The quantitative estimate of drug-likeness (QED) is 0.431. The van der Waals surface area contributed by atoms with Crippen LogP contribution in [0.15, 0.2) is 41.1 Å². The van der Waals surface area contributed by atoms with Crippen molar-refractivity contribution in [1.82, 2.24) is 19.6 Å². The predicted molar refractivity (Wildman–Crippen MR) is 107 cm³/mol. The van der Waals surface area contributed by atoms with E-state index in [2.05, 4.69) is 33.1 Å². The summed E-state index contributed by atoms with van der Waals surface area (Å²) in [7, 11) is 0.